The third-order valence-electron chi connectivity index (χ3n) is 2.23. The van der Waals surface area contributed by atoms with Crippen LogP contribution in [-0.2, 0) is 0 Å². The lowest BCUT2D eigenvalue weighted by atomic mass is 9.94. The van der Waals surface area contributed by atoms with E-state index in [1.54, 1.807) is 6.08 Å². The zero-order valence-electron chi connectivity index (χ0n) is 8.95. The summed E-state index contributed by atoms with van der Waals surface area (Å²) in [6, 6.07) is 0. The van der Waals surface area contributed by atoms with Crippen LogP contribution < -0.4 is 0 Å². The lowest BCUT2D eigenvalue weighted by Gasteiger charge is -2.11. The van der Waals surface area contributed by atoms with Gasteiger partial charge in [-0.05, 0) is 23.1 Å². The minimum absolute atomic E-state index is 0.945. The Morgan fingerprint density at radius 1 is 1.00 bits per heavy atom. The summed E-state index contributed by atoms with van der Waals surface area (Å²) in [4.78, 5) is 0. The molecule has 0 nitrogen and oxygen atoms in total. The van der Waals surface area contributed by atoms with E-state index in [2.05, 4.69) is 38.0 Å². The highest BCUT2D eigenvalue weighted by Gasteiger charge is 2.04. The fraction of sp³-hybridized carbons (Fsp3) is 0.0667. The molecule has 0 aromatic heterocycles. The zero-order valence-corrected chi connectivity index (χ0v) is 8.95. The summed E-state index contributed by atoms with van der Waals surface area (Å²) in [6.45, 7) is 11.2. The van der Waals surface area contributed by atoms with Crippen molar-refractivity contribution in [3.8, 4) is 0 Å². The first kappa shape index (κ1) is 11.3. The maximum atomic E-state index is 3.80. The van der Waals surface area contributed by atoms with Gasteiger partial charge in [0.1, 0.15) is 0 Å². The molecular weight excluding hydrogens is 180 g/mol. The van der Waals surface area contributed by atoms with Gasteiger partial charge in [-0.3, -0.25) is 0 Å². The summed E-state index contributed by atoms with van der Waals surface area (Å²) in [7, 11) is 0. The maximum absolute atomic E-state index is 3.80. The molecule has 0 amide bonds. The fourth-order valence-electron chi connectivity index (χ4n) is 1.44. The van der Waals surface area contributed by atoms with Crippen LogP contribution in [0.4, 0.5) is 0 Å². The second-order valence-corrected chi connectivity index (χ2v) is 3.23. The van der Waals surface area contributed by atoms with Crippen LogP contribution in [0.25, 0.3) is 0 Å². The van der Waals surface area contributed by atoms with E-state index in [0.717, 1.165) is 17.6 Å². The molecule has 15 heavy (non-hydrogen) atoms. The van der Waals surface area contributed by atoms with Crippen molar-refractivity contribution in [3.05, 3.63) is 85.1 Å². The highest BCUT2D eigenvalue weighted by molar-refractivity contribution is 5.53. The molecule has 0 aromatic rings. The van der Waals surface area contributed by atoms with Crippen molar-refractivity contribution in [2.75, 3.05) is 0 Å². The smallest absolute Gasteiger partial charge is 0.00880 e. The largest absolute Gasteiger partial charge is 0.0991 e. The van der Waals surface area contributed by atoms with Crippen molar-refractivity contribution in [3.63, 3.8) is 0 Å². The molecule has 0 N–H and O–H groups in total. The topological polar surface area (TPSA) is 0 Å². The second-order valence-electron chi connectivity index (χ2n) is 3.23. The van der Waals surface area contributed by atoms with Gasteiger partial charge in [0, 0.05) is 0 Å². The Kier molecular flexibility index (Phi) is 4.36. The van der Waals surface area contributed by atoms with Crippen molar-refractivity contribution in [1.82, 2.24) is 0 Å². The van der Waals surface area contributed by atoms with Crippen molar-refractivity contribution in [1.29, 1.82) is 0 Å². The van der Waals surface area contributed by atoms with Crippen LogP contribution in [0.1, 0.15) is 6.42 Å². The van der Waals surface area contributed by atoms with Gasteiger partial charge in [0.2, 0.25) is 0 Å². The molecule has 0 fully saturated rings. The average Bonchev–Trinajstić information content (AvgIpc) is 2.29. The lowest BCUT2D eigenvalue weighted by molar-refractivity contribution is 1.22. The van der Waals surface area contributed by atoms with E-state index in [1.807, 2.05) is 24.3 Å². The van der Waals surface area contributed by atoms with Gasteiger partial charge in [-0.15, -0.1) is 0 Å². The molecule has 0 saturated carbocycles. The van der Waals surface area contributed by atoms with Gasteiger partial charge in [-0.1, -0.05) is 68.3 Å². The number of rotatable bonds is 4. The zero-order chi connectivity index (χ0) is 11.1. The first-order chi connectivity index (χ1) is 7.31. The van der Waals surface area contributed by atoms with E-state index in [4.69, 9.17) is 0 Å². The maximum Gasteiger partial charge on any atom is -0.00880 e. The van der Waals surface area contributed by atoms with Crippen LogP contribution in [-0.4, -0.2) is 0 Å². The van der Waals surface area contributed by atoms with Gasteiger partial charge in [0.15, 0.2) is 0 Å². The monoisotopic (exact) mass is 196 g/mol. The van der Waals surface area contributed by atoms with E-state index < -0.39 is 0 Å². The molecule has 1 aliphatic carbocycles. The fourth-order valence-corrected chi connectivity index (χ4v) is 1.44. The molecule has 0 heteroatoms. The SMILES string of the molecule is C=C/C=C\C=C1\C=C(C=C)C(C=C)=CC1. The van der Waals surface area contributed by atoms with Crippen molar-refractivity contribution in [2.24, 2.45) is 0 Å². The van der Waals surface area contributed by atoms with Gasteiger partial charge in [0.25, 0.3) is 0 Å². The molecule has 0 aromatic carbocycles. The number of hydrogen-bond acceptors (Lipinski definition) is 0. The van der Waals surface area contributed by atoms with Gasteiger partial charge >= 0.3 is 0 Å². The molecule has 0 spiro atoms. The Hall–Kier alpha value is -1.82. The molecule has 0 radical (unpaired) electrons. The Morgan fingerprint density at radius 2 is 1.73 bits per heavy atom. The molecule has 0 aliphatic heterocycles. The van der Waals surface area contributed by atoms with E-state index in [9.17, 15) is 0 Å². The minimum Gasteiger partial charge on any atom is -0.0991 e. The second kappa shape index (κ2) is 5.82. The minimum atomic E-state index is 0.945. The van der Waals surface area contributed by atoms with Crippen molar-refractivity contribution in [2.45, 2.75) is 6.42 Å². The Morgan fingerprint density at radius 3 is 2.33 bits per heavy atom. The van der Waals surface area contributed by atoms with Crippen LogP contribution in [0, 0.1) is 0 Å². The standard InChI is InChI=1S/C15H16/c1-4-7-8-9-13-10-11-14(5-2)15(6-3)12-13/h4-9,11-12H,1-3,10H2/b8-7-,13-9+. The molecule has 76 valence electrons. The van der Waals surface area contributed by atoms with Crippen LogP contribution in [0.5, 0.6) is 0 Å². The van der Waals surface area contributed by atoms with E-state index in [1.165, 1.54) is 5.57 Å². The summed E-state index contributed by atoms with van der Waals surface area (Å²) >= 11 is 0. The average molecular weight is 196 g/mol. The third-order valence-corrected chi connectivity index (χ3v) is 2.23. The summed E-state index contributed by atoms with van der Waals surface area (Å²) in [6.07, 6.45) is 16.7. The quantitative estimate of drug-likeness (QED) is 0.588. The highest BCUT2D eigenvalue weighted by Crippen LogP contribution is 2.23. The van der Waals surface area contributed by atoms with Crippen LogP contribution >= 0.6 is 0 Å². The van der Waals surface area contributed by atoms with E-state index in [0.29, 0.717) is 0 Å². The summed E-state index contributed by atoms with van der Waals surface area (Å²) in [5.41, 5.74) is 3.57. The number of allylic oxidation sites excluding steroid dienone is 11. The van der Waals surface area contributed by atoms with Crippen molar-refractivity contribution >= 4 is 0 Å². The lowest BCUT2D eigenvalue weighted by Crippen LogP contribution is -1.92. The normalized spacial score (nSPS) is 18.5. The summed E-state index contributed by atoms with van der Waals surface area (Å²) in [5, 5.41) is 0. The first-order valence-electron chi connectivity index (χ1n) is 4.97. The van der Waals surface area contributed by atoms with Gasteiger partial charge < -0.3 is 0 Å². The highest BCUT2D eigenvalue weighted by atomic mass is 14.1. The Bertz CT molecular complexity index is 384. The van der Waals surface area contributed by atoms with Gasteiger partial charge in [0.05, 0.1) is 0 Å². The molecule has 0 unspecified atom stereocenters. The predicted octanol–water partition coefficient (Wildman–Crippen LogP) is 4.28. The molecule has 1 aliphatic rings. The van der Waals surface area contributed by atoms with E-state index >= 15 is 0 Å². The Balaban J connectivity index is 2.89. The number of hydrogen-bond donors (Lipinski definition) is 0. The van der Waals surface area contributed by atoms with E-state index in [-0.39, 0.29) is 0 Å². The summed E-state index contributed by atoms with van der Waals surface area (Å²) < 4.78 is 0. The first-order valence-corrected chi connectivity index (χ1v) is 4.97. The van der Waals surface area contributed by atoms with Crippen LogP contribution in [0.3, 0.4) is 0 Å². The molecule has 1 rings (SSSR count). The molecule has 0 heterocycles. The third kappa shape index (κ3) is 3.10. The molecular formula is C15H16. The van der Waals surface area contributed by atoms with Gasteiger partial charge in [-0.25, -0.2) is 0 Å². The molecule has 0 atom stereocenters. The predicted molar refractivity (Wildman–Crippen MR) is 68.6 cm³/mol. The summed E-state index contributed by atoms with van der Waals surface area (Å²) in [5.74, 6) is 0. The van der Waals surface area contributed by atoms with Crippen molar-refractivity contribution < 1.29 is 0 Å². The Labute approximate surface area is 92.0 Å². The van der Waals surface area contributed by atoms with Crippen LogP contribution in [0.2, 0.25) is 0 Å². The van der Waals surface area contributed by atoms with Crippen LogP contribution in [0.15, 0.2) is 85.1 Å². The van der Waals surface area contributed by atoms with Gasteiger partial charge in [-0.2, -0.15) is 0 Å². The molecule has 0 saturated heterocycles. The molecule has 0 bridgehead atoms.